The summed E-state index contributed by atoms with van der Waals surface area (Å²) in [6, 6.07) is 0. The highest BCUT2D eigenvalue weighted by atomic mass is 16.3. The van der Waals surface area contributed by atoms with Crippen LogP contribution in [-0.4, -0.2) is 28.7 Å². The highest BCUT2D eigenvalue weighted by Crippen LogP contribution is 1.91. The number of nitrogens with two attached hydrogens (primary N) is 1. The number of hydrogen-bond donors (Lipinski definition) is 2. The van der Waals surface area contributed by atoms with Gasteiger partial charge in [-0.15, -0.1) is 6.58 Å². The average Bonchev–Trinajstić information content (AvgIpc) is 2.16. The minimum Gasteiger partial charge on any atom is -0.389 e. The van der Waals surface area contributed by atoms with Crippen LogP contribution in [0.4, 0.5) is 0 Å². The topological polar surface area (TPSA) is 97.5 Å². The van der Waals surface area contributed by atoms with E-state index in [0.717, 1.165) is 6.08 Å². The number of aliphatic hydroxyl groups excluding tert-OH is 1. The molecule has 5 heteroatoms. The molecule has 1 unspecified atom stereocenters. The molecule has 3 N–H and O–H groups in total. The Hall–Kier alpha value is -1.75. The van der Waals surface area contributed by atoms with Crippen LogP contribution in [0.2, 0.25) is 0 Å². The molecule has 98 valence electrons. The van der Waals surface area contributed by atoms with Crippen LogP contribution in [0.5, 0.6) is 0 Å². The maximum atomic E-state index is 10.2. The minimum absolute atomic E-state index is 0.0163. The molecule has 0 bridgehead atoms. The van der Waals surface area contributed by atoms with Gasteiger partial charge in [-0.3, -0.25) is 9.59 Å². The second kappa shape index (κ2) is 14.2. The molecule has 0 saturated heterocycles. The molecule has 0 aliphatic carbocycles. The van der Waals surface area contributed by atoms with E-state index < -0.39 is 12.0 Å². The Balaban J connectivity index is -0.000000188. The first-order valence-electron chi connectivity index (χ1n) is 4.86. The maximum Gasteiger partial charge on any atom is 0.240 e. The van der Waals surface area contributed by atoms with E-state index in [-0.39, 0.29) is 18.0 Å². The zero-order chi connectivity index (χ0) is 14.4. The smallest absolute Gasteiger partial charge is 0.240 e. The van der Waals surface area contributed by atoms with Crippen molar-refractivity contribution in [1.29, 1.82) is 0 Å². The first kappa shape index (κ1) is 20.6. The number of carbonyl (C=O) groups is 3. The van der Waals surface area contributed by atoms with Crippen molar-refractivity contribution in [3.05, 3.63) is 25.3 Å². The molecule has 1 atom stereocenters. The molecule has 17 heavy (non-hydrogen) atoms. The van der Waals surface area contributed by atoms with Crippen LogP contribution in [0.3, 0.4) is 0 Å². The molecule has 0 aromatic rings. The minimum atomic E-state index is -0.660. The van der Waals surface area contributed by atoms with E-state index in [1.54, 1.807) is 0 Å². The molecule has 0 aliphatic heterocycles. The van der Waals surface area contributed by atoms with Gasteiger partial charge in [0.15, 0.2) is 0 Å². The molecule has 0 radical (unpaired) electrons. The van der Waals surface area contributed by atoms with E-state index >= 15 is 0 Å². The molecule has 0 rings (SSSR count). The van der Waals surface area contributed by atoms with E-state index in [9.17, 15) is 14.4 Å². The standard InChI is InChI=1S/C6H10O2.C3H5NO.C3H6O/c1-3-6(8)4-5(2)7;1-2-3(4)5;1-3(2)4/h3,6,8H,1,4H2,2H3;2H,1H2,(H2,4,5);1-2H3. The van der Waals surface area contributed by atoms with E-state index in [1.807, 2.05) is 0 Å². The summed E-state index contributed by atoms with van der Waals surface area (Å²) in [4.78, 5) is 29.1. The highest BCUT2D eigenvalue weighted by Gasteiger charge is 1.99. The van der Waals surface area contributed by atoms with Crippen LogP contribution in [0.15, 0.2) is 25.3 Å². The largest absolute Gasteiger partial charge is 0.389 e. The molecule has 0 saturated carbocycles. The molecule has 0 aromatic heterocycles. The van der Waals surface area contributed by atoms with Crippen molar-refractivity contribution in [2.45, 2.75) is 33.3 Å². The zero-order valence-electron chi connectivity index (χ0n) is 10.6. The number of hydrogen-bond acceptors (Lipinski definition) is 4. The SMILES string of the molecule is C=CC(N)=O.C=CC(O)CC(C)=O.CC(C)=O. The Labute approximate surface area is 102 Å². The first-order valence-corrected chi connectivity index (χ1v) is 4.86. The molecule has 0 spiro atoms. The fourth-order valence-corrected chi connectivity index (χ4v) is 0.378. The van der Waals surface area contributed by atoms with E-state index in [4.69, 9.17) is 5.11 Å². The third-order valence-electron chi connectivity index (χ3n) is 0.970. The van der Waals surface area contributed by atoms with Crippen molar-refractivity contribution >= 4 is 17.5 Å². The van der Waals surface area contributed by atoms with Gasteiger partial charge in [-0.05, 0) is 26.8 Å². The average molecular weight is 243 g/mol. The van der Waals surface area contributed by atoms with Gasteiger partial charge in [0.1, 0.15) is 11.6 Å². The van der Waals surface area contributed by atoms with Crippen molar-refractivity contribution in [3.8, 4) is 0 Å². The lowest BCUT2D eigenvalue weighted by atomic mass is 10.2. The second-order valence-electron chi connectivity index (χ2n) is 3.22. The third-order valence-corrected chi connectivity index (χ3v) is 0.970. The highest BCUT2D eigenvalue weighted by molar-refractivity contribution is 5.84. The van der Waals surface area contributed by atoms with Gasteiger partial charge in [-0.2, -0.15) is 0 Å². The van der Waals surface area contributed by atoms with Gasteiger partial charge < -0.3 is 15.6 Å². The van der Waals surface area contributed by atoms with Crippen LogP contribution in [0, 0.1) is 0 Å². The van der Waals surface area contributed by atoms with Crippen LogP contribution in [-0.2, 0) is 14.4 Å². The molecule has 0 aliphatic rings. The van der Waals surface area contributed by atoms with Crippen LogP contribution in [0.1, 0.15) is 27.2 Å². The van der Waals surface area contributed by atoms with Gasteiger partial charge >= 0.3 is 0 Å². The van der Waals surface area contributed by atoms with Crippen LogP contribution >= 0.6 is 0 Å². The summed E-state index contributed by atoms with van der Waals surface area (Å²) < 4.78 is 0. The lowest BCUT2D eigenvalue weighted by Gasteiger charge is -1.97. The predicted octanol–water partition coefficient (Wildman–Crippen LogP) is 0.765. The predicted molar refractivity (Wildman–Crippen MR) is 67.2 cm³/mol. The Kier molecular flexibility index (Phi) is 17.3. The van der Waals surface area contributed by atoms with Gasteiger partial charge in [0.25, 0.3) is 0 Å². The van der Waals surface area contributed by atoms with Crippen molar-refractivity contribution < 1.29 is 19.5 Å². The summed E-state index contributed by atoms with van der Waals surface area (Å²) in [6.45, 7) is 10.9. The molecule has 0 aromatic carbocycles. The molecular formula is C12H21NO4. The summed E-state index contributed by atoms with van der Waals surface area (Å²) in [5.74, 6) is -0.331. The molecule has 5 nitrogen and oxygen atoms in total. The van der Waals surface area contributed by atoms with Crippen molar-refractivity contribution in [3.63, 3.8) is 0 Å². The summed E-state index contributed by atoms with van der Waals surface area (Å²) in [6.07, 6.45) is 1.93. The Morgan fingerprint density at radius 1 is 1.24 bits per heavy atom. The number of rotatable bonds is 4. The Morgan fingerprint density at radius 3 is 1.59 bits per heavy atom. The van der Waals surface area contributed by atoms with E-state index in [1.165, 1.54) is 26.8 Å². The fourth-order valence-electron chi connectivity index (χ4n) is 0.378. The first-order chi connectivity index (χ1) is 7.67. The van der Waals surface area contributed by atoms with Gasteiger partial charge in [0.2, 0.25) is 5.91 Å². The summed E-state index contributed by atoms with van der Waals surface area (Å²) in [5, 5.41) is 8.69. The second-order valence-corrected chi connectivity index (χ2v) is 3.22. The van der Waals surface area contributed by atoms with E-state index in [2.05, 4.69) is 18.9 Å². The van der Waals surface area contributed by atoms with Gasteiger partial charge in [0.05, 0.1) is 6.10 Å². The molecule has 0 fully saturated rings. The normalized spacial score (nSPS) is 9.41. The summed E-state index contributed by atoms with van der Waals surface area (Å²) >= 11 is 0. The maximum absolute atomic E-state index is 10.2. The lowest BCUT2D eigenvalue weighted by Crippen LogP contribution is -2.06. The number of Topliss-reactive ketones (excluding diaryl/α,β-unsaturated/α-hetero) is 2. The number of primary amides is 1. The zero-order valence-corrected chi connectivity index (χ0v) is 10.6. The van der Waals surface area contributed by atoms with Crippen molar-refractivity contribution in [1.82, 2.24) is 0 Å². The quantitative estimate of drug-likeness (QED) is 0.562. The monoisotopic (exact) mass is 243 g/mol. The van der Waals surface area contributed by atoms with Crippen LogP contribution < -0.4 is 5.73 Å². The van der Waals surface area contributed by atoms with E-state index in [0.29, 0.717) is 0 Å². The molecule has 0 heterocycles. The Bertz CT molecular complexity index is 268. The molecule has 1 amide bonds. The Morgan fingerprint density at radius 2 is 1.53 bits per heavy atom. The number of carbonyl (C=O) groups excluding carboxylic acids is 3. The number of aliphatic hydroxyl groups is 1. The number of ketones is 2. The fraction of sp³-hybridized carbons (Fsp3) is 0.417. The summed E-state index contributed by atoms with van der Waals surface area (Å²) in [7, 11) is 0. The summed E-state index contributed by atoms with van der Waals surface area (Å²) in [5.41, 5.74) is 4.53. The van der Waals surface area contributed by atoms with Gasteiger partial charge in [-0.25, -0.2) is 0 Å². The molecular weight excluding hydrogens is 222 g/mol. The van der Waals surface area contributed by atoms with Crippen molar-refractivity contribution in [2.24, 2.45) is 5.73 Å². The van der Waals surface area contributed by atoms with Crippen LogP contribution in [0.25, 0.3) is 0 Å². The lowest BCUT2D eigenvalue weighted by molar-refractivity contribution is -0.118. The van der Waals surface area contributed by atoms with Gasteiger partial charge in [0, 0.05) is 6.42 Å². The van der Waals surface area contributed by atoms with Gasteiger partial charge in [-0.1, -0.05) is 12.7 Å². The number of amides is 1. The third kappa shape index (κ3) is 54.7. The van der Waals surface area contributed by atoms with Crippen molar-refractivity contribution in [2.75, 3.05) is 0 Å².